The van der Waals surface area contributed by atoms with E-state index in [1.807, 2.05) is 24.3 Å². The minimum atomic E-state index is -0.0797. The van der Waals surface area contributed by atoms with Crippen LogP contribution < -0.4 is 15.5 Å². The number of aromatic nitrogens is 1. The number of benzene rings is 2. The van der Waals surface area contributed by atoms with E-state index in [2.05, 4.69) is 63.8 Å². The molecule has 0 spiro atoms. The van der Waals surface area contributed by atoms with Gasteiger partial charge in [-0.3, -0.25) is 4.79 Å². The van der Waals surface area contributed by atoms with Crippen molar-refractivity contribution in [3.8, 4) is 0 Å². The van der Waals surface area contributed by atoms with Gasteiger partial charge in [-0.1, -0.05) is 60.2 Å². The van der Waals surface area contributed by atoms with Gasteiger partial charge in [0.25, 0.3) is 5.91 Å². The number of carbonyl (C=O) groups is 1. The maximum atomic E-state index is 12.6. The average Bonchev–Trinajstić information content (AvgIpc) is 2.79. The molecule has 1 fully saturated rings. The van der Waals surface area contributed by atoms with Gasteiger partial charge >= 0.3 is 0 Å². The molecule has 1 saturated heterocycles. The molecule has 0 saturated carbocycles. The molecule has 29 heavy (non-hydrogen) atoms. The summed E-state index contributed by atoms with van der Waals surface area (Å²) in [5, 5.41) is 6.57. The molecule has 1 atom stereocenters. The third kappa shape index (κ3) is 4.81. The first-order valence-corrected chi connectivity index (χ1v) is 10.0. The van der Waals surface area contributed by atoms with Crippen molar-refractivity contribution in [2.24, 2.45) is 0 Å². The molecule has 0 radical (unpaired) electrons. The maximum absolute atomic E-state index is 12.6. The highest BCUT2D eigenvalue weighted by molar-refractivity contribution is 5.94. The molecule has 2 aromatic carbocycles. The molecule has 2 heterocycles. The molecule has 0 bridgehead atoms. The van der Waals surface area contributed by atoms with E-state index in [1.54, 1.807) is 12.3 Å². The number of nitrogens with one attached hydrogen (secondary N) is 2. The normalized spacial score (nSPS) is 16.4. The quantitative estimate of drug-likeness (QED) is 0.705. The molecule has 1 amide bonds. The van der Waals surface area contributed by atoms with E-state index in [-0.39, 0.29) is 11.9 Å². The van der Waals surface area contributed by atoms with E-state index in [9.17, 15) is 4.79 Å². The molecule has 1 aliphatic rings. The van der Waals surface area contributed by atoms with Crippen LogP contribution in [0.5, 0.6) is 0 Å². The smallest absolute Gasteiger partial charge is 0.251 e. The molecular weight excluding hydrogens is 360 g/mol. The number of piperazine rings is 1. The van der Waals surface area contributed by atoms with Crippen molar-refractivity contribution < 1.29 is 4.79 Å². The molecule has 1 unspecified atom stereocenters. The Hall–Kier alpha value is -3.18. The summed E-state index contributed by atoms with van der Waals surface area (Å²) in [5.74, 6) is 0.763. The first-order chi connectivity index (χ1) is 14.2. The standard InChI is InChI=1S/C24H26N4O/c1-18-7-9-19(10-8-18)16-27-24(29)21-11-12-26-23(15-21)28-14-13-25-22(17-28)20-5-3-2-4-6-20/h2-12,15,22,25H,13-14,16-17H2,1H3,(H,27,29). The predicted molar refractivity (Wildman–Crippen MR) is 116 cm³/mol. The first kappa shape index (κ1) is 19.2. The second kappa shape index (κ2) is 8.88. The van der Waals surface area contributed by atoms with Gasteiger partial charge in [0.1, 0.15) is 5.82 Å². The molecule has 2 N–H and O–H groups in total. The summed E-state index contributed by atoms with van der Waals surface area (Å²) >= 11 is 0. The Labute approximate surface area is 171 Å². The fourth-order valence-corrected chi connectivity index (χ4v) is 3.59. The number of pyridine rings is 1. The van der Waals surface area contributed by atoms with Gasteiger partial charge in [-0.15, -0.1) is 0 Å². The van der Waals surface area contributed by atoms with Crippen LogP contribution in [-0.4, -0.2) is 30.5 Å². The topological polar surface area (TPSA) is 57.3 Å². The van der Waals surface area contributed by atoms with Crippen molar-refractivity contribution in [3.05, 3.63) is 95.2 Å². The molecule has 3 aromatic rings. The SMILES string of the molecule is Cc1ccc(CNC(=O)c2ccnc(N3CCNC(c4ccccc4)C3)c2)cc1. The Bertz CT molecular complexity index is 956. The summed E-state index contributed by atoms with van der Waals surface area (Å²) in [6, 6.07) is 22.5. The third-order valence-electron chi connectivity index (χ3n) is 5.28. The number of carbonyl (C=O) groups excluding carboxylic acids is 1. The fourth-order valence-electron chi connectivity index (χ4n) is 3.59. The highest BCUT2D eigenvalue weighted by Gasteiger charge is 2.22. The fraction of sp³-hybridized carbons (Fsp3) is 0.250. The van der Waals surface area contributed by atoms with Crippen LogP contribution in [0.3, 0.4) is 0 Å². The zero-order valence-corrected chi connectivity index (χ0v) is 16.6. The molecule has 1 aliphatic heterocycles. The number of nitrogens with zero attached hydrogens (tertiary/aromatic N) is 2. The lowest BCUT2D eigenvalue weighted by atomic mass is 10.0. The third-order valence-corrected chi connectivity index (χ3v) is 5.28. The van der Waals surface area contributed by atoms with Crippen molar-refractivity contribution in [1.29, 1.82) is 0 Å². The molecule has 5 heteroatoms. The van der Waals surface area contributed by atoms with Gasteiger partial charge in [0, 0.05) is 44.0 Å². The van der Waals surface area contributed by atoms with Crippen LogP contribution in [-0.2, 0) is 6.54 Å². The van der Waals surface area contributed by atoms with Crippen LogP contribution >= 0.6 is 0 Å². The molecule has 4 rings (SSSR count). The second-order valence-electron chi connectivity index (χ2n) is 7.43. The number of aryl methyl sites for hydroxylation is 1. The van der Waals surface area contributed by atoms with E-state index in [0.29, 0.717) is 12.1 Å². The molecule has 0 aliphatic carbocycles. The minimum Gasteiger partial charge on any atom is -0.353 e. The van der Waals surface area contributed by atoms with Crippen molar-refractivity contribution in [2.45, 2.75) is 19.5 Å². The molecule has 148 valence electrons. The number of amides is 1. The van der Waals surface area contributed by atoms with Crippen molar-refractivity contribution >= 4 is 11.7 Å². The van der Waals surface area contributed by atoms with Crippen LogP contribution in [0.25, 0.3) is 0 Å². The lowest BCUT2D eigenvalue weighted by Crippen LogP contribution is -2.46. The lowest BCUT2D eigenvalue weighted by Gasteiger charge is -2.34. The largest absolute Gasteiger partial charge is 0.353 e. The Balaban J connectivity index is 1.42. The van der Waals surface area contributed by atoms with Crippen LogP contribution in [0.4, 0.5) is 5.82 Å². The summed E-state index contributed by atoms with van der Waals surface area (Å²) in [7, 11) is 0. The van der Waals surface area contributed by atoms with Gasteiger partial charge in [-0.05, 0) is 30.2 Å². The Morgan fingerprint density at radius 3 is 2.72 bits per heavy atom. The summed E-state index contributed by atoms with van der Waals surface area (Å²) in [6.45, 7) is 5.14. The van der Waals surface area contributed by atoms with Crippen LogP contribution in [0.2, 0.25) is 0 Å². The van der Waals surface area contributed by atoms with Gasteiger partial charge in [-0.2, -0.15) is 0 Å². The zero-order valence-electron chi connectivity index (χ0n) is 16.6. The number of anilines is 1. The summed E-state index contributed by atoms with van der Waals surface area (Å²) < 4.78 is 0. The van der Waals surface area contributed by atoms with Crippen LogP contribution in [0.1, 0.15) is 33.1 Å². The summed E-state index contributed by atoms with van der Waals surface area (Å²) in [4.78, 5) is 19.4. The van der Waals surface area contributed by atoms with Gasteiger partial charge in [0.15, 0.2) is 0 Å². The van der Waals surface area contributed by atoms with Crippen molar-refractivity contribution in [3.63, 3.8) is 0 Å². The monoisotopic (exact) mass is 386 g/mol. The van der Waals surface area contributed by atoms with Crippen LogP contribution in [0.15, 0.2) is 72.9 Å². The van der Waals surface area contributed by atoms with Gasteiger partial charge in [0.2, 0.25) is 0 Å². The molecule has 5 nitrogen and oxygen atoms in total. The second-order valence-corrected chi connectivity index (χ2v) is 7.43. The van der Waals surface area contributed by atoms with E-state index in [0.717, 1.165) is 31.0 Å². The number of hydrogen-bond acceptors (Lipinski definition) is 4. The lowest BCUT2D eigenvalue weighted by molar-refractivity contribution is 0.0951. The van der Waals surface area contributed by atoms with E-state index >= 15 is 0 Å². The Morgan fingerprint density at radius 2 is 1.93 bits per heavy atom. The number of hydrogen-bond donors (Lipinski definition) is 2. The van der Waals surface area contributed by atoms with Gasteiger partial charge in [0.05, 0.1) is 0 Å². The Morgan fingerprint density at radius 1 is 1.14 bits per heavy atom. The first-order valence-electron chi connectivity index (χ1n) is 10.0. The Kier molecular flexibility index (Phi) is 5.86. The summed E-state index contributed by atoms with van der Waals surface area (Å²) in [5.41, 5.74) is 4.20. The summed E-state index contributed by atoms with van der Waals surface area (Å²) in [6.07, 6.45) is 1.72. The average molecular weight is 386 g/mol. The van der Waals surface area contributed by atoms with E-state index in [1.165, 1.54) is 11.1 Å². The van der Waals surface area contributed by atoms with Gasteiger partial charge in [-0.25, -0.2) is 4.98 Å². The number of rotatable bonds is 5. The van der Waals surface area contributed by atoms with Crippen molar-refractivity contribution in [1.82, 2.24) is 15.6 Å². The highest BCUT2D eigenvalue weighted by Crippen LogP contribution is 2.21. The highest BCUT2D eigenvalue weighted by atomic mass is 16.1. The minimum absolute atomic E-state index is 0.0797. The molecule has 1 aromatic heterocycles. The predicted octanol–water partition coefficient (Wildman–Crippen LogP) is 3.47. The van der Waals surface area contributed by atoms with E-state index < -0.39 is 0 Å². The van der Waals surface area contributed by atoms with Crippen molar-refractivity contribution in [2.75, 3.05) is 24.5 Å². The van der Waals surface area contributed by atoms with Gasteiger partial charge < -0.3 is 15.5 Å². The zero-order chi connectivity index (χ0) is 20.1. The molecular formula is C24H26N4O. The maximum Gasteiger partial charge on any atom is 0.251 e. The van der Waals surface area contributed by atoms with Crippen LogP contribution in [0, 0.1) is 6.92 Å². The van der Waals surface area contributed by atoms with E-state index in [4.69, 9.17) is 0 Å².